The molecule has 0 aliphatic carbocycles. The van der Waals surface area contributed by atoms with Crippen molar-refractivity contribution in [2.24, 2.45) is 10.7 Å². The third kappa shape index (κ3) is 6.33. The molecular formula is C14H22FIN4. The van der Waals surface area contributed by atoms with Gasteiger partial charge in [0.15, 0.2) is 5.96 Å². The Labute approximate surface area is 137 Å². The maximum Gasteiger partial charge on any atom is 0.188 e. The fourth-order valence-electron chi connectivity index (χ4n) is 1.67. The normalized spacial score (nSPS) is 12.7. The van der Waals surface area contributed by atoms with E-state index in [-0.39, 0.29) is 35.8 Å². The Balaban J connectivity index is 0.00000361. The highest BCUT2D eigenvalue weighted by Gasteiger charge is 2.13. The van der Waals surface area contributed by atoms with Crippen LogP contribution >= 0.6 is 24.0 Å². The van der Waals surface area contributed by atoms with Gasteiger partial charge in [-0.25, -0.2) is 4.39 Å². The molecule has 1 aromatic carbocycles. The second-order valence-electron chi connectivity index (χ2n) is 4.43. The highest BCUT2D eigenvalue weighted by molar-refractivity contribution is 14.0. The van der Waals surface area contributed by atoms with Gasteiger partial charge in [0.2, 0.25) is 0 Å². The molecule has 0 aliphatic rings. The number of guanidine groups is 1. The summed E-state index contributed by atoms with van der Waals surface area (Å²) in [5.41, 5.74) is 6.73. The summed E-state index contributed by atoms with van der Waals surface area (Å²) in [5, 5.41) is 2.92. The molecule has 0 bridgehead atoms. The highest BCUT2D eigenvalue weighted by atomic mass is 127. The van der Waals surface area contributed by atoms with Crippen molar-refractivity contribution in [2.45, 2.75) is 6.04 Å². The van der Waals surface area contributed by atoms with E-state index < -0.39 is 0 Å². The molecule has 4 nitrogen and oxygen atoms in total. The van der Waals surface area contributed by atoms with E-state index in [0.717, 1.165) is 5.56 Å². The Morgan fingerprint density at radius 2 is 2.05 bits per heavy atom. The summed E-state index contributed by atoms with van der Waals surface area (Å²) in [6.07, 6.45) is 1.71. The standard InChI is InChI=1S/C14H21FN4.HI/c1-4-9-17-14(16)18-10-13(19(2)3)11-5-7-12(15)8-6-11;/h4-8,13H,1,9-10H2,2-3H3,(H3,16,17,18);1H. The van der Waals surface area contributed by atoms with Gasteiger partial charge < -0.3 is 16.0 Å². The molecule has 0 heterocycles. The van der Waals surface area contributed by atoms with Gasteiger partial charge >= 0.3 is 0 Å². The Kier molecular flexibility index (Phi) is 9.15. The van der Waals surface area contributed by atoms with Crippen molar-refractivity contribution in [1.82, 2.24) is 10.2 Å². The maximum atomic E-state index is 12.9. The zero-order chi connectivity index (χ0) is 14.3. The third-order valence-electron chi connectivity index (χ3n) is 2.74. The average molecular weight is 392 g/mol. The van der Waals surface area contributed by atoms with Gasteiger partial charge in [-0.2, -0.15) is 0 Å². The molecule has 0 fully saturated rings. The zero-order valence-electron chi connectivity index (χ0n) is 11.8. The van der Waals surface area contributed by atoms with Gasteiger partial charge in [0.25, 0.3) is 0 Å². The van der Waals surface area contributed by atoms with Crippen molar-refractivity contribution in [2.75, 3.05) is 27.2 Å². The first-order valence-corrected chi connectivity index (χ1v) is 6.11. The Bertz CT molecular complexity index is 431. The van der Waals surface area contributed by atoms with E-state index in [1.165, 1.54) is 12.1 Å². The number of hydrogen-bond donors (Lipinski definition) is 2. The van der Waals surface area contributed by atoms with Crippen molar-refractivity contribution in [3.8, 4) is 0 Å². The topological polar surface area (TPSA) is 53.6 Å². The molecule has 1 aromatic rings. The van der Waals surface area contributed by atoms with Crippen LogP contribution in [0.25, 0.3) is 0 Å². The van der Waals surface area contributed by atoms with Crippen molar-refractivity contribution in [3.05, 3.63) is 48.3 Å². The lowest BCUT2D eigenvalue weighted by Crippen LogP contribution is -2.33. The molecule has 0 aromatic heterocycles. The summed E-state index contributed by atoms with van der Waals surface area (Å²) in [5.74, 6) is 0.144. The van der Waals surface area contributed by atoms with E-state index in [4.69, 9.17) is 5.73 Å². The summed E-state index contributed by atoms with van der Waals surface area (Å²) in [6, 6.07) is 6.50. The molecule has 1 unspecified atom stereocenters. The molecule has 112 valence electrons. The van der Waals surface area contributed by atoms with Gasteiger partial charge in [-0.05, 0) is 31.8 Å². The molecule has 0 saturated carbocycles. The van der Waals surface area contributed by atoms with E-state index in [2.05, 4.69) is 16.9 Å². The number of aliphatic imine (C=N–C) groups is 1. The molecule has 1 rings (SSSR count). The lowest BCUT2D eigenvalue weighted by atomic mass is 10.1. The van der Waals surface area contributed by atoms with Crippen LogP contribution in [0.2, 0.25) is 0 Å². The van der Waals surface area contributed by atoms with E-state index in [0.29, 0.717) is 19.0 Å². The van der Waals surface area contributed by atoms with Gasteiger partial charge in [-0.3, -0.25) is 4.99 Å². The van der Waals surface area contributed by atoms with Crippen LogP contribution in [-0.4, -0.2) is 38.0 Å². The van der Waals surface area contributed by atoms with Crippen molar-refractivity contribution in [3.63, 3.8) is 0 Å². The van der Waals surface area contributed by atoms with Crippen LogP contribution < -0.4 is 11.1 Å². The van der Waals surface area contributed by atoms with Crippen LogP contribution in [0.3, 0.4) is 0 Å². The van der Waals surface area contributed by atoms with Crippen LogP contribution in [0.4, 0.5) is 4.39 Å². The summed E-state index contributed by atoms with van der Waals surface area (Å²) < 4.78 is 12.9. The number of benzene rings is 1. The second kappa shape index (κ2) is 9.71. The van der Waals surface area contributed by atoms with Gasteiger partial charge in [0.1, 0.15) is 5.82 Å². The molecule has 0 aliphatic heterocycles. The fourth-order valence-corrected chi connectivity index (χ4v) is 1.67. The molecule has 0 saturated heterocycles. The van der Waals surface area contributed by atoms with Crippen molar-refractivity contribution in [1.29, 1.82) is 0 Å². The van der Waals surface area contributed by atoms with Gasteiger partial charge in [0.05, 0.1) is 12.6 Å². The Morgan fingerprint density at radius 3 is 2.55 bits per heavy atom. The van der Waals surface area contributed by atoms with E-state index >= 15 is 0 Å². The summed E-state index contributed by atoms with van der Waals surface area (Å²) in [7, 11) is 3.91. The van der Waals surface area contributed by atoms with Crippen LogP contribution in [0.15, 0.2) is 41.9 Å². The summed E-state index contributed by atoms with van der Waals surface area (Å²) in [4.78, 5) is 6.31. The lowest BCUT2D eigenvalue weighted by molar-refractivity contribution is 0.306. The number of likely N-dealkylation sites (N-methyl/N-ethyl adjacent to an activating group) is 1. The molecule has 0 radical (unpaired) electrons. The van der Waals surface area contributed by atoms with Crippen LogP contribution in [0.1, 0.15) is 11.6 Å². The minimum absolute atomic E-state index is 0. The maximum absolute atomic E-state index is 12.9. The van der Waals surface area contributed by atoms with Gasteiger partial charge in [0, 0.05) is 6.54 Å². The molecule has 3 N–H and O–H groups in total. The molecule has 20 heavy (non-hydrogen) atoms. The predicted molar refractivity (Wildman–Crippen MR) is 92.9 cm³/mol. The lowest BCUT2D eigenvalue weighted by Gasteiger charge is -2.23. The smallest absolute Gasteiger partial charge is 0.188 e. The molecular weight excluding hydrogens is 370 g/mol. The minimum Gasteiger partial charge on any atom is -0.370 e. The summed E-state index contributed by atoms with van der Waals surface area (Å²) in [6.45, 7) is 4.69. The Hall–Kier alpha value is -1.15. The average Bonchev–Trinajstić information content (AvgIpc) is 2.38. The number of nitrogens with one attached hydrogen (secondary N) is 1. The largest absolute Gasteiger partial charge is 0.370 e. The van der Waals surface area contributed by atoms with Crippen LogP contribution in [0, 0.1) is 5.82 Å². The number of rotatable bonds is 6. The first kappa shape index (κ1) is 18.9. The van der Waals surface area contributed by atoms with E-state index in [1.807, 2.05) is 19.0 Å². The van der Waals surface area contributed by atoms with Crippen molar-refractivity contribution < 1.29 is 4.39 Å². The van der Waals surface area contributed by atoms with E-state index in [9.17, 15) is 4.39 Å². The van der Waals surface area contributed by atoms with Gasteiger partial charge in [-0.1, -0.05) is 18.2 Å². The SMILES string of the molecule is C=CCNC(N)=NCC(c1ccc(F)cc1)N(C)C.I. The fraction of sp³-hybridized carbons (Fsp3) is 0.357. The van der Waals surface area contributed by atoms with Crippen LogP contribution in [-0.2, 0) is 0 Å². The number of hydrogen-bond acceptors (Lipinski definition) is 2. The first-order chi connectivity index (χ1) is 9.04. The number of halogens is 2. The van der Waals surface area contributed by atoms with Crippen LogP contribution in [0.5, 0.6) is 0 Å². The molecule has 0 amide bonds. The quantitative estimate of drug-likeness (QED) is 0.338. The minimum atomic E-state index is -0.239. The Morgan fingerprint density at radius 1 is 1.45 bits per heavy atom. The zero-order valence-corrected chi connectivity index (χ0v) is 14.2. The first-order valence-electron chi connectivity index (χ1n) is 6.11. The van der Waals surface area contributed by atoms with E-state index in [1.54, 1.807) is 18.2 Å². The monoisotopic (exact) mass is 392 g/mol. The summed E-state index contributed by atoms with van der Waals surface area (Å²) >= 11 is 0. The molecule has 1 atom stereocenters. The number of nitrogens with two attached hydrogens (primary N) is 1. The highest BCUT2D eigenvalue weighted by Crippen LogP contribution is 2.18. The molecule has 0 spiro atoms. The second-order valence-corrected chi connectivity index (χ2v) is 4.43. The van der Waals surface area contributed by atoms with Crippen molar-refractivity contribution >= 4 is 29.9 Å². The van der Waals surface area contributed by atoms with Gasteiger partial charge in [-0.15, -0.1) is 30.6 Å². The predicted octanol–water partition coefficient (Wildman–Crippen LogP) is 2.14. The third-order valence-corrected chi connectivity index (χ3v) is 2.74. The number of nitrogens with zero attached hydrogens (tertiary/aromatic N) is 2. The molecule has 6 heteroatoms.